The highest BCUT2D eigenvalue weighted by Gasteiger charge is 2.23. The molecule has 7 heteroatoms. The van der Waals surface area contributed by atoms with Crippen LogP contribution >= 0.6 is 0 Å². The highest BCUT2D eigenvalue weighted by atomic mass is 32.2. The third-order valence-electron chi connectivity index (χ3n) is 1.99. The standard InChI is InChI=1S/C9H12N4O2S/c1-2-7(5-10)16(14,15)13-9-3-4-12-6-8(9)11/h3-4,6-7H,2,11H2,1H3,(H,12,13). The molecular formula is C9H12N4O2S. The van der Waals surface area contributed by atoms with Gasteiger partial charge in [-0.1, -0.05) is 6.92 Å². The second kappa shape index (κ2) is 4.81. The molecule has 0 amide bonds. The average molecular weight is 240 g/mol. The van der Waals surface area contributed by atoms with Gasteiger partial charge >= 0.3 is 0 Å². The zero-order valence-electron chi connectivity index (χ0n) is 8.71. The summed E-state index contributed by atoms with van der Waals surface area (Å²) in [5.74, 6) is 0. The van der Waals surface area contributed by atoms with Crippen LogP contribution in [0.3, 0.4) is 0 Å². The summed E-state index contributed by atoms with van der Waals surface area (Å²) in [6.07, 6.45) is 2.98. The fourth-order valence-corrected chi connectivity index (χ4v) is 2.32. The summed E-state index contributed by atoms with van der Waals surface area (Å²) in [5, 5.41) is 7.61. The molecule has 1 unspecified atom stereocenters. The Hall–Kier alpha value is -1.81. The molecule has 6 nitrogen and oxygen atoms in total. The van der Waals surface area contributed by atoms with Crippen molar-refractivity contribution in [1.82, 2.24) is 4.98 Å². The number of nitriles is 1. The lowest BCUT2D eigenvalue weighted by molar-refractivity contribution is 0.593. The fourth-order valence-electron chi connectivity index (χ4n) is 1.10. The van der Waals surface area contributed by atoms with Gasteiger partial charge in [-0.3, -0.25) is 9.71 Å². The third-order valence-corrected chi connectivity index (χ3v) is 3.69. The Kier molecular flexibility index (Phi) is 3.68. The van der Waals surface area contributed by atoms with Gasteiger partial charge in [0.15, 0.2) is 5.25 Å². The summed E-state index contributed by atoms with van der Waals surface area (Å²) < 4.78 is 25.7. The van der Waals surface area contributed by atoms with Crippen molar-refractivity contribution in [2.75, 3.05) is 10.5 Å². The fraction of sp³-hybridized carbons (Fsp3) is 0.333. The topological polar surface area (TPSA) is 109 Å². The smallest absolute Gasteiger partial charge is 0.249 e. The maximum Gasteiger partial charge on any atom is 0.249 e. The number of rotatable bonds is 4. The first-order valence-electron chi connectivity index (χ1n) is 4.62. The van der Waals surface area contributed by atoms with E-state index in [9.17, 15) is 8.42 Å². The molecular weight excluding hydrogens is 228 g/mol. The van der Waals surface area contributed by atoms with Crippen molar-refractivity contribution in [2.24, 2.45) is 0 Å². The maximum absolute atomic E-state index is 11.7. The molecule has 0 saturated heterocycles. The monoisotopic (exact) mass is 240 g/mol. The molecule has 0 saturated carbocycles. The predicted molar refractivity (Wildman–Crippen MR) is 60.9 cm³/mol. The van der Waals surface area contributed by atoms with Crippen molar-refractivity contribution in [1.29, 1.82) is 5.26 Å². The zero-order valence-corrected chi connectivity index (χ0v) is 9.53. The maximum atomic E-state index is 11.7. The normalized spacial score (nSPS) is 12.8. The average Bonchev–Trinajstić information content (AvgIpc) is 2.22. The largest absolute Gasteiger partial charge is 0.396 e. The predicted octanol–water partition coefficient (Wildman–Crippen LogP) is 0.708. The number of hydrogen-bond acceptors (Lipinski definition) is 5. The van der Waals surface area contributed by atoms with E-state index in [2.05, 4.69) is 9.71 Å². The number of aromatic nitrogens is 1. The minimum Gasteiger partial charge on any atom is -0.396 e. The van der Waals surface area contributed by atoms with Gasteiger partial charge in [0.1, 0.15) is 0 Å². The summed E-state index contributed by atoms with van der Waals surface area (Å²) in [6, 6.07) is 3.17. The second-order valence-corrected chi connectivity index (χ2v) is 5.00. The van der Waals surface area contributed by atoms with Gasteiger partial charge in [0.25, 0.3) is 0 Å². The molecule has 1 atom stereocenters. The van der Waals surface area contributed by atoms with Crippen molar-refractivity contribution in [2.45, 2.75) is 18.6 Å². The van der Waals surface area contributed by atoms with E-state index in [-0.39, 0.29) is 17.8 Å². The number of nitrogen functional groups attached to an aromatic ring is 1. The van der Waals surface area contributed by atoms with E-state index in [0.29, 0.717) is 0 Å². The molecule has 0 aliphatic heterocycles. The van der Waals surface area contributed by atoms with E-state index in [0.717, 1.165) is 0 Å². The Morgan fingerprint density at radius 2 is 2.38 bits per heavy atom. The van der Waals surface area contributed by atoms with Crippen LogP contribution in [-0.4, -0.2) is 18.7 Å². The second-order valence-electron chi connectivity index (χ2n) is 3.14. The first kappa shape index (κ1) is 12.3. The summed E-state index contributed by atoms with van der Waals surface area (Å²) >= 11 is 0. The zero-order chi connectivity index (χ0) is 12.2. The molecule has 3 N–H and O–H groups in total. The molecule has 1 aromatic rings. The quantitative estimate of drug-likeness (QED) is 0.805. The molecule has 0 aromatic carbocycles. The van der Waals surface area contributed by atoms with Crippen molar-refractivity contribution in [3.05, 3.63) is 18.5 Å². The van der Waals surface area contributed by atoms with Crippen LogP contribution in [-0.2, 0) is 10.0 Å². The van der Waals surface area contributed by atoms with Crippen LogP contribution < -0.4 is 10.5 Å². The summed E-state index contributed by atoms with van der Waals surface area (Å²) in [7, 11) is -3.72. The SMILES string of the molecule is CCC(C#N)S(=O)(=O)Nc1ccncc1N. The number of nitrogens with one attached hydrogen (secondary N) is 1. The molecule has 0 fully saturated rings. The molecule has 0 radical (unpaired) electrons. The number of nitrogens with zero attached hydrogens (tertiary/aromatic N) is 2. The molecule has 86 valence electrons. The lowest BCUT2D eigenvalue weighted by Crippen LogP contribution is -2.26. The molecule has 0 aliphatic rings. The van der Waals surface area contributed by atoms with Gasteiger partial charge in [0.2, 0.25) is 10.0 Å². The number of pyridine rings is 1. The minimum atomic E-state index is -3.72. The van der Waals surface area contributed by atoms with E-state index in [1.165, 1.54) is 18.5 Å². The van der Waals surface area contributed by atoms with E-state index < -0.39 is 15.3 Å². The Bertz CT molecular complexity index is 506. The van der Waals surface area contributed by atoms with Gasteiger partial charge in [0.05, 0.1) is 23.6 Å². The van der Waals surface area contributed by atoms with Crippen LogP contribution in [0.5, 0.6) is 0 Å². The van der Waals surface area contributed by atoms with Crippen LogP contribution in [0, 0.1) is 11.3 Å². The number of sulfonamides is 1. The summed E-state index contributed by atoms with van der Waals surface area (Å²) in [6.45, 7) is 1.63. The van der Waals surface area contributed by atoms with Crippen LogP contribution in [0.2, 0.25) is 0 Å². The van der Waals surface area contributed by atoms with E-state index in [1.807, 2.05) is 0 Å². The molecule has 1 rings (SSSR count). The van der Waals surface area contributed by atoms with Gasteiger partial charge in [-0.05, 0) is 12.5 Å². The molecule has 0 spiro atoms. The number of hydrogen-bond donors (Lipinski definition) is 2. The van der Waals surface area contributed by atoms with E-state index in [4.69, 9.17) is 11.0 Å². The van der Waals surface area contributed by atoms with Crippen LogP contribution in [0.15, 0.2) is 18.5 Å². The lowest BCUT2D eigenvalue weighted by atomic mass is 10.4. The Morgan fingerprint density at radius 3 is 2.88 bits per heavy atom. The first-order valence-corrected chi connectivity index (χ1v) is 6.16. The molecule has 0 bridgehead atoms. The van der Waals surface area contributed by atoms with Crippen molar-refractivity contribution < 1.29 is 8.42 Å². The molecule has 16 heavy (non-hydrogen) atoms. The Labute approximate surface area is 94.2 Å². The lowest BCUT2D eigenvalue weighted by Gasteiger charge is -2.12. The van der Waals surface area contributed by atoms with Gasteiger partial charge in [0, 0.05) is 6.20 Å². The van der Waals surface area contributed by atoms with Crippen LogP contribution in [0.25, 0.3) is 0 Å². The highest BCUT2D eigenvalue weighted by molar-refractivity contribution is 7.93. The van der Waals surface area contributed by atoms with Gasteiger partial charge in [-0.25, -0.2) is 8.42 Å². The van der Waals surface area contributed by atoms with Gasteiger partial charge in [-0.15, -0.1) is 0 Å². The van der Waals surface area contributed by atoms with Crippen LogP contribution in [0.1, 0.15) is 13.3 Å². The number of nitrogens with two attached hydrogens (primary N) is 1. The van der Waals surface area contributed by atoms with Crippen molar-refractivity contribution >= 4 is 21.4 Å². The minimum absolute atomic E-state index is 0.219. The molecule has 1 aromatic heterocycles. The Balaban J connectivity index is 2.99. The third kappa shape index (κ3) is 2.61. The molecule has 1 heterocycles. The first-order chi connectivity index (χ1) is 7.51. The van der Waals surface area contributed by atoms with Crippen molar-refractivity contribution in [3.63, 3.8) is 0 Å². The summed E-state index contributed by atoms with van der Waals surface area (Å²) in [4.78, 5) is 3.74. The van der Waals surface area contributed by atoms with Crippen LogP contribution in [0.4, 0.5) is 11.4 Å². The highest BCUT2D eigenvalue weighted by Crippen LogP contribution is 2.19. The van der Waals surface area contributed by atoms with Gasteiger partial charge in [-0.2, -0.15) is 5.26 Å². The molecule has 0 aliphatic carbocycles. The van der Waals surface area contributed by atoms with Crippen molar-refractivity contribution in [3.8, 4) is 6.07 Å². The summed E-state index contributed by atoms with van der Waals surface area (Å²) in [5.41, 5.74) is 6.00. The Morgan fingerprint density at radius 1 is 1.69 bits per heavy atom. The number of anilines is 2. The van der Waals surface area contributed by atoms with E-state index in [1.54, 1.807) is 13.0 Å². The van der Waals surface area contributed by atoms with Gasteiger partial charge < -0.3 is 5.73 Å². The van der Waals surface area contributed by atoms with E-state index >= 15 is 0 Å².